The SMILES string of the molecule is C(#Cc1ccc(C#Cc2cccnc2)s1)c1cccnc1. The van der Waals surface area contributed by atoms with E-state index in [0.717, 1.165) is 20.9 Å². The summed E-state index contributed by atoms with van der Waals surface area (Å²) in [6.45, 7) is 0. The Morgan fingerprint density at radius 1 is 0.667 bits per heavy atom. The Bertz CT molecular complexity index is 772. The Morgan fingerprint density at radius 3 is 1.62 bits per heavy atom. The lowest BCUT2D eigenvalue weighted by Crippen LogP contribution is -1.74. The second-order valence-corrected chi connectivity index (χ2v) is 5.23. The standard InChI is InChI=1S/C18H10N2S/c1-3-15(13-19-11-1)5-7-17-9-10-18(21-17)8-6-16-4-2-12-20-14-16/h1-4,9-14H. The molecule has 2 nitrogen and oxygen atoms in total. The normalized spacial score (nSPS) is 9.14. The lowest BCUT2D eigenvalue weighted by molar-refractivity contribution is 1.31. The van der Waals surface area contributed by atoms with Crippen LogP contribution in [0.25, 0.3) is 0 Å². The monoisotopic (exact) mass is 286 g/mol. The summed E-state index contributed by atoms with van der Waals surface area (Å²) >= 11 is 1.58. The van der Waals surface area contributed by atoms with E-state index < -0.39 is 0 Å². The molecule has 0 fully saturated rings. The maximum absolute atomic E-state index is 4.04. The number of hydrogen-bond donors (Lipinski definition) is 0. The summed E-state index contributed by atoms with van der Waals surface area (Å²) in [7, 11) is 0. The van der Waals surface area contributed by atoms with Gasteiger partial charge in [0.2, 0.25) is 0 Å². The Labute approximate surface area is 127 Å². The largest absolute Gasteiger partial charge is 0.263 e. The van der Waals surface area contributed by atoms with Crippen LogP contribution in [-0.2, 0) is 0 Å². The summed E-state index contributed by atoms with van der Waals surface area (Å²) in [4.78, 5) is 10.1. The molecule has 0 spiro atoms. The molecule has 0 saturated carbocycles. The minimum absolute atomic E-state index is 0.911. The third-order valence-electron chi connectivity index (χ3n) is 2.59. The molecule has 3 heterocycles. The second kappa shape index (κ2) is 6.52. The molecule has 3 aromatic heterocycles. The van der Waals surface area contributed by atoms with Crippen LogP contribution < -0.4 is 0 Å². The van der Waals surface area contributed by atoms with Crippen molar-refractivity contribution < 1.29 is 0 Å². The van der Waals surface area contributed by atoms with Gasteiger partial charge in [-0.25, -0.2) is 0 Å². The van der Waals surface area contributed by atoms with Gasteiger partial charge in [-0.1, -0.05) is 23.7 Å². The molecule has 21 heavy (non-hydrogen) atoms. The molecule has 0 amide bonds. The molecule has 3 rings (SSSR count). The summed E-state index contributed by atoms with van der Waals surface area (Å²) in [6.07, 6.45) is 6.98. The quantitative estimate of drug-likeness (QED) is 0.592. The predicted octanol–water partition coefficient (Wildman–Crippen LogP) is 3.34. The first kappa shape index (κ1) is 13.1. The number of thiophene rings is 1. The van der Waals surface area contributed by atoms with E-state index in [-0.39, 0.29) is 0 Å². The average Bonchev–Trinajstić information content (AvgIpc) is 3.01. The van der Waals surface area contributed by atoms with Gasteiger partial charge in [-0.05, 0) is 36.4 Å². The number of rotatable bonds is 0. The molecule has 0 aromatic carbocycles. The fourth-order valence-corrected chi connectivity index (χ4v) is 2.33. The highest BCUT2D eigenvalue weighted by molar-refractivity contribution is 7.13. The van der Waals surface area contributed by atoms with Crippen LogP contribution >= 0.6 is 11.3 Å². The van der Waals surface area contributed by atoms with Crippen LogP contribution in [0.3, 0.4) is 0 Å². The zero-order chi connectivity index (χ0) is 14.3. The number of hydrogen-bond acceptors (Lipinski definition) is 3. The van der Waals surface area contributed by atoms with Gasteiger partial charge < -0.3 is 0 Å². The van der Waals surface area contributed by atoms with Gasteiger partial charge in [-0.15, -0.1) is 11.3 Å². The van der Waals surface area contributed by atoms with Gasteiger partial charge in [0.25, 0.3) is 0 Å². The van der Waals surface area contributed by atoms with Crippen LogP contribution in [0.4, 0.5) is 0 Å². The molecule has 3 heteroatoms. The third-order valence-corrected chi connectivity index (χ3v) is 3.51. The van der Waals surface area contributed by atoms with Gasteiger partial charge in [0, 0.05) is 35.9 Å². The molecule has 0 N–H and O–H groups in total. The fourth-order valence-electron chi connectivity index (χ4n) is 1.61. The van der Waals surface area contributed by atoms with Crippen molar-refractivity contribution in [3.05, 3.63) is 82.1 Å². The first-order valence-electron chi connectivity index (χ1n) is 6.34. The van der Waals surface area contributed by atoms with E-state index >= 15 is 0 Å². The molecule has 0 aliphatic rings. The summed E-state index contributed by atoms with van der Waals surface area (Å²) in [5.41, 5.74) is 1.82. The minimum Gasteiger partial charge on any atom is -0.263 e. The van der Waals surface area contributed by atoms with Crippen LogP contribution in [-0.4, -0.2) is 9.97 Å². The maximum Gasteiger partial charge on any atom is 0.0785 e. The molecule has 0 aliphatic heterocycles. The van der Waals surface area contributed by atoms with Gasteiger partial charge in [0.15, 0.2) is 0 Å². The van der Waals surface area contributed by atoms with E-state index in [0.29, 0.717) is 0 Å². The number of pyridine rings is 2. The first-order chi connectivity index (χ1) is 10.4. The van der Waals surface area contributed by atoms with Gasteiger partial charge in [-0.2, -0.15) is 0 Å². The maximum atomic E-state index is 4.04. The molecule has 0 aliphatic carbocycles. The Hall–Kier alpha value is -2.88. The van der Waals surface area contributed by atoms with E-state index in [1.54, 1.807) is 36.1 Å². The molecule has 0 bridgehead atoms. The van der Waals surface area contributed by atoms with Crippen molar-refractivity contribution in [3.63, 3.8) is 0 Å². The Kier molecular flexibility index (Phi) is 4.07. The van der Waals surface area contributed by atoms with E-state index in [9.17, 15) is 0 Å². The molecular formula is C18H10N2S. The van der Waals surface area contributed by atoms with Crippen molar-refractivity contribution in [3.8, 4) is 23.7 Å². The smallest absolute Gasteiger partial charge is 0.0785 e. The van der Waals surface area contributed by atoms with Crippen molar-refractivity contribution in [2.75, 3.05) is 0 Å². The Balaban J connectivity index is 1.76. The third kappa shape index (κ3) is 3.79. The summed E-state index contributed by atoms with van der Waals surface area (Å²) in [5, 5.41) is 0. The fraction of sp³-hybridized carbons (Fsp3) is 0. The highest BCUT2D eigenvalue weighted by Crippen LogP contribution is 2.14. The molecule has 98 valence electrons. The molecular weight excluding hydrogens is 276 g/mol. The van der Waals surface area contributed by atoms with Crippen molar-refractivity contribution in [2.24, 2.45) is 0 Å². The molecule has 3 aromatic rings. The summed E-state index contributed by atoms with van der Waals surface area (Å²) < 4.78 is 0. The van der Waals surface area contributed by atoms with Crippen molar-refractivity contribution in [1.82, 2.24) is 9.97 Å². The van der Waals surface area contributed by atoms with E-state index in [1.807, 2.05) is 36.4 Å². The highest BCUT2D eigenvalue weighted by atomic mass is 32.1. The second-order valence-electron chi connectivity index (χ2n) is 4.15. The predicted molar refractivity (Wildman–Crippen MR) is 84.8 cm³/mol. The van der Waals surface area contributed by atoms with E-state index in [4.69, 9.17) is 0 Å². The summed E-state index contributed by atoms with van der Waals surface area (Å²) in [6, 6.07) is 11.6. The zero-order valence-corrected chi connectivity index (χ0v) is 11.9. The minimum atomic E-state index is 0.911. The molecule has 0 unspecified atom stereocenters. The van der Waals surface area contributed by atoms with Crippen LogP contribution in [0.5, 0.6) is 0 Å². The average molecular weight is 286 g/mol. The van der Waals surface area contributed by atoms with Gasteiger partial charge in [-0.3, -0.25) is 9.97 Å². The zero-order valence-electron chi connectivity index (χ0n) is 11.1. The van der Waals surface area contributed by atoms with Crippen LogP contribution in [0.1, 0.15) is 20.9 Å². The van der Waals surface area contributed by atoms with Crippen molar-refractivity contribution in [2.45, 2.75) is 0 Å². The molecule has 0 saturated heterocycles. The van der Waals surface area contributed by atoms with Crippen LogP contribution in [0.2, 0.25) is 0 Å². The van der Waals surface area contributed by atoms with Crippen LogP contribution in [0.15, 0.2) is 61.2 Å². The topological polar surface area (TPSA) is 25.8 Å². The lowest BCUT2D eigenvalue weighted by Gasteiger charge is -1.85. The molecule has 0 atom stereocenters. The summed E-state index contributed by atoms with van der Waals surface area (Å²) in [5.74, 6) is 12.4. The molecule has 0 radical (unpaired) electrons. The lowest BCUT2D eigenvalue weighted by atomic mass is 10.3. The van der Waals surface area contributed by atoms with Crippen molar-refractivity contribution >= 4 is 11.3 Å². The van der Waals surface area contributed by atoms with Gasteiger partial charge in [0.1, 0.15) is 0 Å². The van der Waals surface area contributed by atoms with Gasteiger partial charge in [0.05, 0.1) is 9.75 Å². The van der Waals surface area contributed by atoms with Gasteiger partial charge >= 0.3 is 0 Å². The highest BCUT2D eigenvalue weighted by Gasteiger charge is 1.94. The van der Waals surface area contributed by atoms with E-state index in [1.165, 1.54) is 0 Å². The van der Waals surface area contributed by atoms with E-state index in [2.05, 4.69) is 33.6 Å². The van der Waals surface area contributed by atoms with Crippen LogP contribution in [0, 0.1) is 23.7 Å². The first-order valence-corrected chi connectivity index (χ1v) is 7.16. The van der Waals surface area contributed by atoms with Crippen molar-refractivity contribution in [1.29, 1.82) is 0 Å². The number of aromatic nitrogens is 2. The Morgan fingerprint density at radius 2 is 1.19 bits per heavy atom. The number of nitrogens with zero attached hydrogens (tertiary/aromatic N) is 2.